The fourth-order valence-electron chi connectivity index (χ4n) is 2.02. The highest BCUT2D eigenvalue weighted by atomic mass is 35.5. The Kier molecular flexibility index (Phi) is 4.96. The number of rotatable bonds is 2. The number of nitrogens with zero attached hydrogens (tertiary/aromatic N) is 1. The van der Waals surface area contributed by atoms with Crippen molar-refractivity contribution >= 4 is 18.3 Å². The summed E-state index contributed by atoms with van der Waals surface area (Å²) < 4.78 is 0. The number of nitrogens with one attached hydrogen (secondary N) is 3. The Hall–Kier alpha value is -1.07. The molecule has 1 aliphatic rings. The van der Waals surface area contributed by atoms with E-state index in [0.29, 0.717) is 11.7 Å². The molecule has 2 atom stereocenters. The molecule has 0 spiro atoms. The lowest BCUT2D eigenvalue weighted by Crippen LogP contribution is -2.51. The standard InChI is InChI=1S/C11H18N4O.ClH/c1-7-6-10(15-14-7)11(16)13-9-4-3-5-12-8(9)2;/h6,8-9,12H,3-5H2,1-2H3,(H,13,16)(H,14,15);1H. The molecule has 3 N–H and O–H groups in total. The van der Waals surface area contributed by atoms with Crippen LogP contribution < -0.4 is 10.6 Å². The Balaban J connectivity index is 0.00000144. The van der Waals surface area contributed by atoms with Crippen LogP contribution in [0, 0.1) is 6.92 Å². The topological polar surface area (TPSA) is 69.8 Å². The molecule has 17 heavy (non-hydrogen) atoms. The number of aromatic amines is 1. The number of aromatic nitrogens is 2. The van der Waals surface area contributed by atoms with Crippen LogP contribution in [0.4, 0.5) is 0 Å². The first-order chi connectivity index (χ1) is 7.66. The van der Waals surface area contributed by atoms with E-state index in [1.165, 1.54) is 0 Å². The summed E-state index contributed by atoms with van der Waals surface area (Å²) >= 11 is 0. The van der Waals surface area contributed by atoms with Crippen LogP contribution in [0.1, 0.15) is 35.9 Å². The van der Waals surface area contributed by atoms with Gasteiger partial charge in [0.2, 0.25) is 0 Å². The predicted molar refractivity (Wildman–Crippen MR) is 68.5 cm³/mol. The van der Waals surface area contributed by atoms with E-state index in [1.54, 1.807) is 6.07 Å². The Morgan fingerprint density at radius 1 is 1.59 bits per heavy atom. The molecular weight excluding hydrogens is 240 g/mol. The van der Waals surface area contributed by atoms with Gasteiger partial charge in [0.05, 0.1) is 0 Å². The van der Waals surface area contributed by atoms with Crippen molar-refractivity contribution in [2.45, 2.75) is 38.8 Å². The Morgan fingerprint density at radius 2 is 2.35 bits per heavy atom. The number of aryl methyl sites for hydroxylation is 1. The van der Waals surface area contributed by atoms with Crippen LogP contribution in [0.25, 0.3) is 0 Å². The highest BCUT2D eigenvalue weighted by Gasteiger charge is 2.23. The third-order valence-electron chi connectivity index (χ3n) is 3.02. The minimum absolute atomic E-state index is 0. The van der Waals surface area contributed by atoms with E-state index in [2.05, 4.69) is 27.8 Å². The molecule has 5 nitrogen and oxygen atoms in total. The van der Waals surface area contributed by atoms with E-state index in [9.17, 15) is 4.79 Å². The Morgan fingerprint density at radius 3 is 2.94 bits per heavy atom. The number of hydrogen-bond donors (Lipinski definition) is 3. The van der Waals surface area contributed by atoms with Gasteiger partial charge in [0.1, 0.15) is 5.69 Å². The van der Waals surface area contributed by atoms with Crippen molar-refractivity contribution in [3.05, 3.63) is 17.5 Å². The molecule has 1 aliphatic heterocycles. The van der Waals surface area contributed by atoms with Crippen molar-refractivity contribution in [1.82, 2.24) is 20.8 Å². The zero-order valence-electron chi connectivity index (χ0n) is 10.1. The molecule has 0 saturated carbocycles. The SMILES string of the molecule is Cc1cc(C(=O)NC2CCCNC2C)n[nH]1.Cl. The molecule has 0 bridgehead atoms. The normalized spacial score (nSPS) is 23.9. The van der Waals surface area contributed by atoms with E-state index in [4.69, 9.17) is 0 Å². The van der Waals surface area contributed by atoms with Crippen molar-refractivity contribution in [2.24, 2.45) is 0 Å². The third kappa shape index (κ3) is 3.44. The predicted octanol–water partition coefficient (Wildman–Crippen LogP) is 1.01. The minimum atomic E-state index is -0.0927. The fourth-order valence-corrected chi connectivity index (χ4v) is 2.02. The van der Waals surface area contributed by atoms with Crippen LogP contribution >= 0.6 is 12.4 Å². The number of H-pyrrole nitrogens is 1. The Labute approximate surface area is 107 Å². The largest absolute Gasteiger partial charge is 0.346 e. The van der Waals surface area contributed by atoms with Gasteiger partial charge in [-0.3, -0.25) is 9.89 Å². The summed E-state index contributed by atoms with van der Waals surface area (Å²) in [4.78, 5) is 11.9. The van der Waals surface area contributed by atoms with Gasteiger partial charge in [-0.15, -0.1) is 12.4 Å². The maximum atomic E-state index is 11.9. The average molecular weight is 259 g/mol. The smallest absolute Gasteiger partial charge is 0.272 e. The molecule has 1 saturated heterocycles. The second kappa shape index (κ2) is 6.02. The molecular formula is C11H19ClN4O. The fraction of sp³-hybridized carbons (Fsp3) is 0.636. The summed E-state index contributed by atoms with van der Waals surface area (Å²) in [6, 6.07) is 2.30. The number of hydrogen-bond acceptors (Lipinski definition) is 3. The zero-order valence-corrected chi connectivity index (χ0v) is 10.9. The molecule has 2 rings (SSSR count). The van der Waals surface area contributed by atoms with Crippen LogP contribution in [-0.2, 0) is 0 Å². The van der Waals surface area contributed by atoms with Crippen molar-refractivity contribution in [2.75, 3.05) is 6.54 Å². The van der Waals surface area contributed by atoms with Crippen LogP contribution in [0.5, 0.6) is 0 Å². The van der Waals surface area contributed by atoms with E-state index in [0.717, 1.165) is 25.1 Å². The van der Waals surface area contributed by atoms with Gasteiger partial charge >= 0.3 is 0 Å². The second-order valence-corrected chi connectivity index (χ2v) is 4.40. The van der Waals surface area contributed by atoms with Gasteiger partial charge in [-0.25, -0.2) is 0 Å². The first-order valence-corrected chi connectivity index (χ1v) is 5.73. The summed E-state index contributed by atoms with van der Waals surface area (Å²) in [6.07, 6.45) is 2.14. The third-order valence-corrected chi connectivity index (χ3v) is 3.02. The second-order valence-electron chi connectivity index (χ2n) is 4.40. The Bertz CT molecular complexity index is 379. The molecule has 96 valence electrons. The van der Waals surface area contributed by atoms with Crippen molar-refractivity contribution in [3.8, 4) is 0 Å². The van der Waals surface area contributed by atoms with Gasteiger partial charge in [0.15, 0.2) is 0 Å². The number of amides is 1. The summed E-state index contributed by atoms with van der Waals surface area (Å²) in [5.74, 6) is -0.0927. The van der Waals surface area contributed by atoms with Crippen LogP contribution in [-0.4, -0.2) is 34.7 Å². The maximum Gasteiger partial charge on any atom is 0.272 e. The van der Waals surface area contributed by atoms with Crippen LogP contribution in [0.3, 0.4) is 0 Å². The molecule has 1 amide bonds. The molecule has 0 radical (unpaired) electrons. The van der Waals surface area contributed by atoms with Crippen LogP contribution in [0.2, 0.25) is 0 Å². The quantitative estimate of drug-likeness (QED) is 0.742. The molecule has 1 aromatic rings. The highest BCUT2D eigenvalue weighted by molar-refractivity contribution is 5.92. The number of halogens is 1. The van der Waals surface area contributed by atoms with Crippen molar-refractivity contribution in [1.29, 1.82) is 0 Å². The summed E-state index contributed by atoms with van der Waals surface area (Å²) in [5.41, 5.74) is 1.37. The monoisotopic (exact) mass is 258 g/mol. The van der Waals surface area contributed by atoms with Gasteiger partial charge in [-0.1, -0.05) is 0 Å². The van der Waals surface area contributed by atoms with Crippen LogP contribution in [0.15, 0.2) is 6.07 Å². The molecule has 0 aliphatic carbocycles. The molecule has 1 aromatic heterocycles. The highest BCUT2D eigenvalue weighted by Crippen LogP contribution is 2.09. The summed E-state index contributed by atoms with van der Waals surface area (Å²) in [7, 11) is 0. The zero-order chi connectivity index (χ0) is 11.5. The van der Waals surface area contributed by atoms with Gasteiger partial charge in [0, 0.05) is 17.8 Å². The van der Waals surface area contributed by atoms with Gasteiger partial charge in [-0.2, -0.15) is 5.10 Å². The van der Waals surface area contributed by atoms with Gasteiger partial charge in [0.25, 0.3) is 5.91 Å². The minimum Gasteiger partial charge on any atom is -0.346 e. The van der Waals surface area contributed by atoms with E-state index in [-0.39, 0.29) is 24.4 Å². The van der Waals surface area contributed by atoms with E-state index < -0.39 is 0 Å². The molecule has 1 fully saturated rings. The lowest BCUT2D eigenvalue weighted by atomic mass is 10.00. The lowest BCUT2D eigenvalue weighted by molar-refractivity contribution is 0.0914. The number of carbonyl (C=O) groups is 1. The van der Waals surface area contributed by atoms with Crippen molar-refractivity contribution in [3.63, 3.8) is 0 Å². The first-order valence-electron chi connectivity index (χ1n) is 5.73. The van der Waals surface area contributed by atoms with Gasteiger partial charge < -0.3 is 10.6 Å². The van der Waals surface area contributed by atoms with Gasteiger partial charge in [-0.05, 0) is 39.3 Å². The van der Waals surface area contributed by atoms with E-state index in [1.807, 2.05) is 6.92 Å². The number of piperidine rings is 1. The maximum absolute atomic E-state index is 11.9. The first kappa shape index (κ1) is 14.0. The summed E-state index contributed by atoms with van der Waals surface area (Å²) in [5, 5.41) is 13.1. The molecule has 6 heteroatoms. The molecule has 2 unspecified atom stereocenters. The van der Waals surface area contributed by atoms with E-state index >= 15 is 0 Å². The molecule has 0 aromatic carbocycles. The lowest BCUT2D eigenvalue weighted by Gasteiger charge is -2.30. The van der Waals surface area contributed by atoms with Crippen molar-refractivity contribution < 1.29 is 4.79 Å². The summed E-state index contributed by atoms with van der Waals surface area (Å²) in [6.45, 7) is 5.02. The average Bonchev–Trinajstić information content (AvgIpc) is 2.68. The number of carbonyl (C=O) groups excluding carboxylic acids is 1. The molecule has 2 heterocycles.